The highest BCUT2D eigenvalue weighted by atomic mass is 19.4. The standard InChI is InChI=1S/C12H16F3N3O2/c13-12(14,15)20-6-5-18(8-11(17)19)7-9-3-1-2-4-10(9)16/h1-4H,5-8,16H2,(H2,17,19). The third-order valence-electron chi connectivity index (χ3n) is 2.50. The smallest absolute Gasteiger partial charge is 0.398 e. The summed E-state index contributed by atoms with van der Waals surface area (Å²) in [5.41, 5.74) is 12.0. The fourth-order valence-electron chi connectivity index (χ4n) is 1.64. The number of nitrogens with zero attached hydrogens (tertiary/aromatic N) is 1. The third kappa shape index (κ3) is 6.39. The lowest BCUT2D eigenvalue weighted by Gasteiger charge is -2.21. The highest BCUT2D eigenvalue weighted by molar-refractivity contribution is 5.75. The Balaban J connectivity index is 2.60. The maximum Gasteiger partial charge on any atom is 0.522 e. The second kappa shape index (κ2) is 7.11. The zero-order valence-electron chi connectivity index (χ0n) is 10.7. The number of halogens is 3. The summed E-state index contributed by atoms with van der Waals surface area (Å²) in [6.45, 7) is -0.618. The minimum absolute atomic E-state index is 0.0865. The number of nitrogen functional groups attached to an aromatic ring is 1. The van der Waals surface area contributed by atoms with Gasteiger partial charge >= 0.3 is 6.36 Å². The highest BCUT2D eigenvalue weighted by Gasteiger charge is 2.29. The normalized spacial score (nSPS) is 11.8. The molecule has 1 amide bonds. The van der Waals surface area contributed by atoms with E-state index in [0.717, 1.165) is 0 Å². The van der Waals surface area contributed by atoms with Crippen LogP contribution in [0.5, 0.6) is 0 Å². The summed E-state index contributed by atoms with van der Waals surface area (Å²) >= 11 is 0. The molecule has 0 bridgehead atoms. The second-order valence-corrected chi connectivity index (χ2v) is 4.17. The summed E-state index contributed by atoms with van der Waals surface area (Å²) in [6, 6.07) is 6.89. The van der Waals surface area contributed by atoms with Crippen LogP contribution in [0.1, 0.15) is 5.56 Å². The molecule has 20 heavy (non-hydrogen) atoms. The van der Waals surface area contributed by atoms with Crippen molar-refractivity contribution in [3.63, 3.8) is 0 Å². The van der Waals surface area contributed by atoms with Crippen molar-refractivity contribution < 1.29 is 22.7 Å². The van der Waals surface area contributed by atoms with Crippen LogP contribution < -0.4 is 11.5 Å². The van der Waals surface area contributed by atoms with E-state index in [1.807, 2.05) is 0 Å². The van der Waals surface area contributed by atoms with E-state index in [1.54, 1.807) is 24.3 Å². The monoisotopic (exact) mass is 291 g/mol. The number of hydrogen-bond donors (Lipinski definition) is 2. The Labute approximate surface area is 114 Å². The Morgan fingerprint density at radius 1 is 1.30 bits per heavy atom. The molecule has 1 aromatic carbocycles. The van der Waals surface area contributed by atoms with Crippen LogP contribution in [0.15, 0.2) is 24.3 Å². The predicted molar refractivity (Wildman–Crippen MR) is 67.3 cm³/mol. The van der Waals surface area contributed by atoms with Gasteiger partial charge in [-0.05, 0) is 11.6 Å². The number of benzene rings is 1. The fourth-order valence-corrected chi connectivity index (χ4v) is 1.64. The van der Waals surface area contributed by atoms with Gasteiger partial charge in [0.15, 0.2) is 0 Å². The van der Waals surface area contributed by atoms with Gasteiger partial charge in [-0.3, -0.25) is 14.4 Å². The quantitative estimate of drug-likeness (QED) is 0.737. The number of carbonyl (C=O) groups excluding carboxylic acids is 1. The Morgan fingerprint density at radius 2 is 1.95 bits per heavy atom. The molecule has 8 heteroatoms. The van der Waals surface area contributed by atoms with Gasteiger partial charge in [-0.15, -0.1) is 13.2 Å². The molecule has 0 heterocycles. The molecule has 0 radical (unpaired) electrons. The van der Waals surface area contributed by atoms with Crippen LogP contribution in [0.4, 0.5) is 18.9 Å². The highest BCUT2D eigenvalue weighted by Crippen LogP contribution is 2.17. The lowest BCUT2D eigenvalue weighted by Crippen LogP contribution is -2.36. The number of alkyl halides is 3. The Morgan fingerprint density at radius 3 is 2.50 bits per heavy atom. The van der Waals surface area contributed by atoms with E-state index in [1.165, 1.54) is 4.90 Å². The van der Waals surface area contributed by atoms with Crippen LogP contribution in [0.25, 0.3) is 0 Å². The minimum atomic E-state index is -4.69. The lowest BCUT2D eigenvalue weighted by molar-refractivity contribution is -0.325. The summed E-state index contributed by atoms with van der Waals surface area (Å²) in [5, 5.41) is 0. The predicted octanol–water partition coefficient (Wildman–Crippen LogP) is 1.09. The Bertz CT molecular complexity index is 452. The first kappa shape index (κ1) is 16.3. The molecule has 0 spiro atoms. The Kier molecular flexibility index (Phi) is 5.78. The molecule has 0 aliphatic heterocycles. The zero-order valence-corrected chi connectivity index (χ0v) is 10.7. The van der Waals surface area contributed by atoms with Crippen molar-refractivity contribution in [2.75, 3.05) is 25.4 Å². The summed E-state index contributed by atoms with van der Waals surface area (Å²) < 4.78 is 39.4. The van der Waals surface area contributed by atoms with E-state index in [0.29, 0.717) is 11.3 Å². The third-order valence-corrected chi connectivity index (χ3v) is 2.50. The van der Waals surface area contributed by atoms with Crippen molar-refractivity contribution in [2.45, 2.75) is 12.9 Å². The van der Waals surface area contributed by atoms with E-state index in [9.17, 15) is 18.0 Å². The van der Waals surface area contributed by atoms with Gasteiger partial charge in [-0.25, -0.2) is 0 Å². The van der Waals surface area contributed by atoms with E-state index >= 15 is 0 Å². The van der Waals surface area contributed by atoms with E-state index < -0.39 is 18.9 Å². The first-order valence-corrected chi connectivity index (χ1v) is 5.82. The lowest BCUT2D eigenvalue weighted by atomic mass is 10.1. The van der Waals surface area contributed by atoms with Crippen LogP contribution >= 0.6 is 0 Å². The van der Waals surface area contributed by atoms with E-state index in [4.69, 9.17) is 11.5 Å². The summed E-state index contributed by atoms with van der Waals surface area (Å²) in [4.78, 5) is 12.4. The molecule has 0 saturated heterocycles. The van der Waals surface area contributed by atoms with Crippen molar-refractivity contribution in [3.8, 4) is 0 Å². The van der Waals surface area contributed by atoms with Crippen molar-refractivity contribution in [1.29, 1.82) is 0 Å². The van der Waals surface area contributed by atoms with Gasteiger partial charge in [-0.1, -0.05) is 18.2 Å². The van der Waals surface area contributed by atoms with Crippen LogP contribution in [-0.2, 0) is 16.1 Å². The molecular formula is C12H16F3N3O2. The van der Waals surface area contributed by atoms with E-state index in [-0.39, 0.29) is 19.6 Å². The van der Waals surface area contributed by atoms with E-state index in [2.05, 4.69) is 4.74 Å². The summed E-state index contributed by atoms with van der Waals surface area (Å²) in [7, 11) is 0. The number of hydrogen-bond acceptors (Lipinski definition) is 4. The Hall–Kier alpha value is -1.80. The first-order valence-electron chi connectivity index (χ1n) is 5.82. The average molecular weight is 291 g/mol. The number of nitrogens with two attached hydrogens (primary N) is 2. The molecule has 0 aliphatic carbocycles. The average Bonchev–Trinajstić information content (AvgIpc) is 2.29. The molecule has 112 valence electrons. The maximum atomic E-state index is 11.9. The second-order valence-electron chi connectivity index (χ2n) is 4.17. The molecule has 5 nitrogen and oxygen atoms in total. The largest absolute Gasteiger partial charge is 0.522 e. The number of para-hydroxylation sites is 1. The minimum Gasteiger partial charge on any atom is -0.398 e. The van der Waals surface area contributed by atoms with Gasteiger partial charge in [0.2, 0.25) is 5.91 Å². The molecule has 0 saturated carbocycles. The van der Waals surface area contributed by atoms with Gasteiger partial charge in [-0.2, -0.15) is 0 Å². The molecular weight excluding hydrogens is 275 g/mol. The fraction of sp³-hybridized carbons (Fsp3) is 0.417. The summed E-state index contributed by atoms with van der Waals surface area (Å²) in [6.07, 6.45) is -4.69. The number of amides is 1. The van der Waals surface area contributed by atoms with Crippen LogP contribution in [-0.4, -0.2) is 36.9 Å². The van der Waals surface area contributed by atoms with Gasteiger partial charge in [0.1, 0.15) is 0 Å². The summed E-state index contributed by atoms with van der Waals surface area (Å²) in [5.74, 6) is -0.633. The van der Waals surface area contributed by atoms with Gasteiger partial charge in [0.05, 0.1) is 13.2 Å². The molecule has 0 aliphatic rings. The molecule has 0 atom stereocenters. The molecule has 0 fully saturated rings. The molecule has 0 aromatic heterocycles. The van der Waals surface area contributed by atoms with Crippen molar-refractivity contribution in [3.05, 3.63) is 29.8 Å². The van der Waals surface area contributed by atoms with Gasteiger partial charge in [0.25, 0.3) is 0 Å². The van der Waals surface area contributed by atoms with Crippen molar-refractivity contribution >= 4 is 11.6 Å². The van der Waals surface area contributed by atoms with Crippen LogP contribution in [0.2, 0.25) is 0 Å². The number of rotatable bonds is 7. The molecule has 0 unspecified atom stereocenters. The topological polar surface area (TPSA) is 81.6 Å². The number of carbonyl (C=O) groups is 1. The first-order chi connectivity index (χ1) is 9.28. The van der Waals surface area contributed by atoms with Crippen LogP contribution in [0, 0.1) is 0 Å². The SMILES string of the molecule is NC(=O)CN(CCOC(F)(F)F)Cc1ccccc1N. The van der Waals surface area contributed by atoms with Crippen molar-refractivity contribution in [1.82, 2.24) is 4.90 Å². The van der Waals surface area contributed by atoms with Crippen LogP contribution in [0.3, 0.4) is 0 Å². The van der Waals surface area contributed by atoms with Gasteiger partial charge in [0, 0.05) is 18.8 Å². The molecule has 1 aromatic rings. The number of anilines is 1. The zero-order chi connectivity index (χ0) is 15.2. The molecule has 4 N–H and O–H groups in total. The van der Waals surface area contributed by atoms with Gasteiger partial charge < -0.3 is 11.5 Å². The molecule has 1 rings (SSSR count). The number of ether oxygens (including phenoxy) is 1. The number of primary amides is 1. The maximum absolute atomic E-state index is 11.9. The van der Waals surface area contributed by atoms with Crippen molar-refractivity contribution in [2.24, 2.45) is 5.73 Å².